The molecule has 0 radical (unpaired) electrons. The molecule has 0 bridgehead atoms. The number of amides is 1. The van der Waals surface area contributed by atoms with Crippen LogP contribution in [-0.2, 0) is 24.3 Å². The zero-order valence-corrected chi connectivity index (χ0v) is 19.8. The fourth-order valence-corrected chi connectivity index (χ4v) is 6.32. The van der Waals surface area contributed by atoms with Crippen molar-refractivity contribution in [3.05, 3.63) is 18.2 Å². The van der Waals surface area contributed by atoms with Gasteiger partial charge in [0.2, 0.25) is 15.9 Å². The zero-order chi connectivity index (χ0) is 23.5. The molecule has 10 heteroatoms. The second kappa shape index (κ2) is 9.89. The van der Waals surface area contributed by atoms with Gasteiger partial charge in [0.05, 0.1) is 11.5 Å². The summed E-state index contributed by atoms with van der Waals surface area (Å²) in [6.45, 7) is 3.32. The normalized spacial score (nSPS) is 21.2. The molecule has 0 spiro atoms. The predicted molar refractivity (Wildman–Crippen MR) is 120 cm³/mol. The van der Waals surface area contributed by atoms with E-state index in [1.165, 1.54) is 16.4 Å². The van der Waals surface area contributed by atoms with Crippen LogP contribution in [0.2, 0.25) is 0 Å². The first-order valence-corrected chi connectivity index (χ1v) is 13.2. The summed E-state index contributed by atoms with van der Waals surface area (Å²) in [6.07, 6.45) is 4.72. The SMILES string of the molecule is CCOC(=O)C1(NC(=O)C2CCN(S(=O)(=O)c3ccc4c(c3)OCCO4)CC2)CCCCC1. The average Bonchev–Trinajstić information content (AvgIpc) is 2.84. The molecule has 33 heavy (non-hydrogen) atoms. The van der Waals surface area contributed by atoms with Crippen molar-refractivity contribution in [2.75, 3.05) is 32.9 Å². The summed E-state index contributed by atoms with van der Waals surface area (Å²) in [5.41, 5.74) is -0.959. The monoisotopic (exact) mass is 480 g/mol. The molecule has 0 unspecified atom stereocenters. The van der Waals surface area contributed by atoms with E-state index in [0.29, 0.717) is 50.4 Å². The predicted octanol–water partition coefficient (Wildman–Crippen LogP) is 2.24. The highest BCUT2D eigenvalue weighted by Gasteiger charge is 2.44. The zero-order valence-electron chi connectivity index (χ0n) is 19.0. The van der Waals surface area contributed by atoms with Gasteiger partial charge in [0, 0.05) is 25.1 Å². The lowest BCUT2D eigenvalue weighted by atomic mass is 9.81. The van der Waals surface area contributed by atoms with E-state index in [9.17, 15) is 18.0 Å². The van der Waals surface area contributed by atoms with Crippen molar-refractivity contribution < 1.29 is 32.2 Å². The molecule has 0 atom stereocenters. The van der Waals surface area contributed by atoms with Gasteiger partial charge in [-0.1, -0.05) is 19.3 Å². The molecular formula is C23H32N2O7S. The maximum Gasteiger partial charge on any atom is 0.331 e. The molecule has 182 valence electrons. The van der Waals surface area contributed by atoms with Gasteiger partial charge in [-0.15, -0.1) is 0 Å². The van der Waals surface area contributed by atoms with Gasteiger partial charge in [-0.25, -0.2) is 13.2 Å². The fourth-order valence-electron chi connectivity index (χ4n) is 4.83. The van der Waals surface area contributed by atoms with Crippen LogP contribution in [0, 0.1) is 5.92 Å². The highest BCUT2D eigenvalue weighted by molar-refractivity contribution is 7.89. The van der Waals surface area contributed by atoms with Crippen molar-refractivity contribution in [1.29, 1.82) is 0 Å². The lowest BCUT2D eigenvalue weighted by Gasteiger charge is -2.38. The van der Waals surface area contributed by atoms with E-state index < -0.39 is 15.6 Å². The molecule has 2 heterocycles. The minimum atomic E-state index is -3.71. The average molecular weight is 481 g/mol. The quantitative estimate of drug-likeness (QED) is 0.622. The van der Waals surface area contributed by atoms with Crippen molar-refractivity contribution in [2.24, 2.45) is 5.92 Å². The van der Waals surface area contributed by atoms with Gasteiger partial charge < -0.3 is 19.5 Å². The number of ether oxygens (including phenoxy) is 3. The second-order valence-electron chi connectivity index (χ2n) is 8.84. The van der Waals surface area contributed by atoms with Gasteiger partial charge in [0.15, 0.2) is 11.5 Å². The van der Waals surface area contributed by atoms with Gasteiger partial charge in [-0.2, -0.15) is 4.31 Å². The number of rotatable bonds is 6. The lowest BCUT2D eigenvalue weighted by Crippen LogP contribution is -2.58. The van der Waals surface area contributed by atoms with Crippen LogP contribution < -0.4 is 14.8 Å². The van der Waals surface area contributed by atoms with Crippen molar-refractivity contribution >= 4 is 21.9 Å². The maximum atomic E-state index is 13.1. The topological polar surface area (TPSA) is 111 Å². The molecule has 9 nitrogen and oxygen atoms in total. The maximum absolute atomic E-state index is 13.1. The molecule has 0 aromatic heterocycles. The third kappa shape index (κ3) is 4.96. The second-order valence-corrected chi connectivity index (χ2v) is 10.8. The Kier molecular flexibility index (Phi) is 7.13. The summed E-state index contributed by atoms with van der Waals surface area (Å²) in [5, 5.41) is 2.99. The van der Waals surface area contributed by atoms with Gasteiger partial charge in [-0.3, -0.25) is 4.79 Å². The van der Waals surface area contributed by atoms with E-state index in [0.717, 1.165) is 19.3 Å². The van der Waals surface area contributed by atoms with Gasteiger partial charge >= 0.3 is 5.97 Å². The summed E-state index contributed by atoms with van der Waals surface area (Å²) in [5.74, 6) is 0.0603. The third-order valence-corrected chi connectivity index (χ3v) is 8.61. The van der Waals surface area contributed by atoms with Crippen LogP contribution in [0.15, 0.2) is 23.1 Å². The molecule has 1 amide bonds. The van der Waals surface area contributed by atoms with Crippen molar-refractivity contribution in [1.82, 2.24) is 9.62 Å². The Bertz CT molecular complexity index is 981. The first kappa shape index (κ1) is 23.8. The molecule has 1 saturated heterocycles. The molecular weight excluding hydrogens is 448 g/mol. The van der Waals surface area contributed by atoms with Crippen LogP contribution >= 0.6 is 0 Å². The van der Waals surface area contributed by atoms with E-state index in [1.54, 1.807) is 13.0 Å². The Labute approximate surface area is 194 Å². The van der Waals surface area contributed by atoms with E-state index in [1.807, 2.05) is 0 Å². The Morgan fingerprint density at radius 2 is 1.76 bits per heavy atom. The van der Waals surface area contributed by atoms with Crippen LogP contribution in [0.1, 0.15) is 51.9 Å². The fraction of sp³-hybridized carbons (Fsp3) is 0.652. The molecule has 4 rings (SSSR count). The van der Waals surface area contributed by atoms with E-state index >= 15 is 0 Å². The number of hydrogen-bond donors (Lipinski definition) is 1. The smallest absolute Gasteiger partial charge is 0.331 e. The summed E-state index contributed by atoms with van der Waals surface area (Å²) in [4.78, 5) is 25.8. The first-order valence-electron chi connectivity index (χ1n) is 11.7. The Morgan fingerprint density at radius 1 is 1.09 bits per heavy atom. The molecule has 3 aliphatic rings. The van der Waals surface area contributed by atoms with Crippen molar-refractivity contribution in [3.63, 3.8) is 0 Å². The Hall–Kier alpha value is -2.33. The molecule has 1 saturated carbocycles. The number of hydrogen-bond acceptors (Lipinski definition) is 7. The van der Waals surface area contributed by atoms with Crippen LogP contribution in [0.5, 0.6) is 11.5 Å². The molecule has 2 fully saturated rings. The van der Waals surface area contributed by atoms with E-state index in [2.05, 4.69) is 5.32 Å². The summed E-state index contributed by atoms with van der Waals surface area (Å²) in [7, 11) is -3.71. The van der Waals surface area contributed by atoms with Crippen LogP contribution in [-0.4, -0.2) is 63.0 Å². The first-order chi connectivity index (χ1) is 15.9. The lowest BCUT2D eigenvalue weighted by molar-refractivity contribution is -0.155. The number of carbonyl (C=O) groups is 2. The van der Waals surface area contributed by atoms with Gasteiger partial charge in [-0.05, 0) is 44.7 Å². The van der Waals surface area contributed by atoms with E-state index in [-0.39, 0.29) is 42.4 Å². The largest absolute Gasteiger partial charge is 0.486 e. The molecule has 1 aromatic rings. The minimum absolute atomic E-state index is 0.151. The van der Waals surface area contributed by atoms with Crippen LogP contribution in [0.25, 0.3) is 0 Å². The summed E-state index contributed by atoms with van der Waals surface area (Å²) >= 11 is 0. The third-order valence-electron chi connectivity index (χ3n) is 6.71. The Morgan fingerprint density at radius 3 is 2.42 bits per heavy atom. The summed E-state index contributed by atoms with van der Waals surface area (Å²) in [6, 6.07) is 4.63. The van der Waals surface area contributed by atoms with Crippen LogP contribution in [0.3, 0.4) is 0 Å². The number of fused-ring (bicyclic) bond motifs is 1. The van der Waals surface area contributed by atoms with Gasteiger partial charge in [0.1, 0.15) is 18.8 Å². The number of esters is 1. The Balaban J connectivity index is 1.39. The van der Waals surface area contributed by atoms with Crippen LogP contribution in [0.4, 0.5) is 0 Å². The molecule has 1 aromatic carbocycles. The van der Waals surface area contributed by atoms with Crippen molar-refractivity contribution in [2.45, 2.75) is 62.3 Å². The highest BCUT2D eigenvalue weighted by atomic mass is 32.2. The number of carbonyl (C=O) groups excluding carboxylic acids is 2. The number of nitrogens with one attached hydrogen (secondary N) is 1. The number of piperidine rings is 1. The molecule has 1 N–H and O–H groups in total. The number of nitrogens with zero attached hydrogens (tertiary/aromatic N) is 1. The molecule has 1 aliphatic carbocycles. The van der Waals surface area contributed by atoms with Crippen molar-refractivity contribution in [3.8, 4) is 11.5 Å². The highest BCUT2D eigenvalue weighted by Crippen LogP contribution is 2.35. The van der Waals surface area contributed by atoms with Gasteiger partial charge in [0.25, 0.3) is 0 Å². The number of benzene rings is 1. The summed E-state index contributed by atoms with van der Waals surface area (Å²) < 4.78 is 43.9. The van der Waals surface area contributed by atoms with E-state index in [4.69, 9.17) is 14.2 Å². The minimum Gasteiger partial charge on any atom is -0.486 e. The number of sulfonamides is 1. The standard InChI is InChI=1S/C23H32N2O7S/c1-2-30-22(27)23(10-4-3-5-11-23)24-21(26)17-8-12-25(13-9-17)33(28,29)18-6-7-19-20(16-18)32-15-14-31-19/h6-7,16-17H,2-5,8-15H2,1H3,(H,24,26). The molecule has 2 aliphatic heterocycles.